The van der Waals surface area contributed by atoms with Crippen LogP contribution in [0.1, 0.15) is 23.6 Å². The Hall–Kier alpha value is -2.30. The Labute approximate surface area is 172 Å². The second-order valence-corrected chi connectivity index (χ2v) is 7.69. The molecule has 3 aromatic rings. The fourth-order valence-corrected chi connectivity index (χ4v) is 3.88. The summed E-state index contributed by atoms with van der Waals surface area (Å²) in [4.78, 5) is 0. The molecule has 3 nitrogen and oxygen atoms in total. The molecule has 0 fully saturated rings. The Bertz CT molecular complexity index is 988. The Morgan fingerprint density at radius 3 is 2.56 bits per heavy atom. The van der Waals surface area contributed by atoms with E-state index in [1.165, 1.54) is 0 Å². The van der Waals surface area contributed by atoms with Crippen LogP contribution >= 0.6 is 27.5 Å². The third kappa shape index (κ3) is 3.73. The second-order valence-electron chi connectivity index (χ2n) is 6.34. The summed E-state index contributed by atoms with van der Waals surface area (Å²) in [6.07, 6.45) is 0.786. The molecule has 1 aliphatic rings. The van der Waals surface area contributed by atoms with Gasteiger partial charge in [-0.05, 0) is 42.0 Å². The summed E-state index contributed by atoms with van der Waals surface area (Å²) < 4.78 is 6.64. The zero-order valence-corrected chi connectivity index (χ0v) is 17.1. The van der Waals surface area contributed by atoms with Crippen molar-refractivity contribution in [3.63, 3.8) is 0 Å². The lowest BCUT2D eigenvalue weighted by atomic mass is 9.97. The smallest absolute Gasteiger partial charge is 0.124 e. The number of anilines is 1. The van der Waals surface area contributed by atoms with E-state index in [2.05, 4.69) is 39.1 Å². The first-order valence-electron chi connectivity index (χ1n) is 8.67. The van der Waals surface area contributed by atoms with Gasteiger partial charge in [0.25, 0.3) is 0 Å². The van der Waals surface area contributed by atoms with Gasteiger partial charge in [0.1, 0.15) is 5.75 Å². The maximum Gasteiger partial charge on any atom is 0.124 e. The maximum atomic E-state index is 6.05. The summed E-state index contributed by atoms with van der Waals surface area (Å²) in [5, 5.41) is 7.76. The van der Waals surface area contributed by atoms with Crippen LogP contribution in [0.4, 0.5) is 5.69 Å². The molecule has 1 aliphatic heterocycles. The van der Waals surface area contributed by atoms with Gasteiger partial charge in [0.05, 0.1) is 24.6 Å². The zero-order chi connectivity index (χ0) is 18.8. The first-order valence-corrected chi connectivity index (χ1v) is 9.84. The van der Waals surface area contributed by atoms with E-state index in [4.69, 9.17) is 21.4 Å². The lowest BCUT2D eigenvalue weighted by Gasteiger charge is -2.25. The van der Waals surface area contributed by atoms with Gasteiger partial charge in [-0.2, -0.15) is 5.10 Å². The monoisotopic (exact) mass is 440 g/mol. The summed E-state index contributed by atoms with van der Waals surface area (Å²) in [5.74, 6) is 0.870. The van der Waals surface area contributed by atoms with Crippen molar-refractivity contribution in [3.8, 4) is 5.75 Å². The molecule has 5 heteroatoms. The Kier molecular flexibility index (Phi) is 5.19. The highest BCUT2D eigenvalue weighted by Crippen LogP contribution is 2.40. The maximum absolute atomic E-state index is 6.05. The van der Waals surface area contributed by atoms with E-state index in [-0.39, 0.29) is 6.04 Å². The van der Waals surface area contributed by atoms with E-state index in [9.17, 15) is 0 Å². The molecule has 0 bridgehead atoms. The number of methoxy groups -OCH3 is 1. The van der Waals surface area contributed by atoms with Crippen LogP contribution in [-0.2, 0) is 0 Å². The number of nitrogens with zero attached hydrogens (tertiary/aromatic N) is 2. The van der Waals surface area contributed by atoms with Crippen LogP contribution in [0.3, 0.4) is 0 Å². The zero-order valence-electron chi connectivity index (χ0n) is 14.8. The standard InChI is InChI=1S/C22H18BrClN2O/c1-27-22-8-3-2-7-19(22)21-14-20(15-9-11-17(24)12-10-15)25-26(21)18-6-4-5-16(23)13-18/h2-13,21H,14H2,1H3/t21-/m1/s1. The molecule has 0 unspecified atom stereocenters. The Morgan fingerprint density at radius 2 is 1.81 bits per heavy atom. The van der Waals surface area contributed by atoms with Gasteiger partial charge in [-0.25, -0.2) is 0 Å². The molecule has 4 rings (SSSR count). The fourth-order valence-electron chi connectivity index (χ4n) is 3.37. The number of hydrazone groups is 1. The molecule has 0 N–H and O–H groups in total. The van der Waals surface area contributed by atoms with Crippen molar-refractivity contribution >= 4 is 38.9 Å². The van der Waals surface area contributed by atoms with Crippen molar-refractivity contribution < 1.29 is 4.74 Å². The van der Waals surface area contributed by atoms with Crippen LogP contribution in [0.25, 0.3) is 0 Å². The first-order chi connectivity index (χ1) is 13.2. The number of hydrogen-bond acceptors (Lipinski definition) is 3. The van der Waals surface area contributed by atoms with Gasteiger partial charge in [-0.1, -0.05) is 63.9 Å². The molecule has 0 aliphatic carbocycles. The summed E-state index contributed by atoms with van der Waals surface area (Å²) >= 11 is 9.62. The predicted molar refractivity (Wildman–Crippen MR) is 115 cm³/mol. The summed E-state index contributed by atoms with van der Waals surface area (Å²) in [5.41, 5.74) is 4.26. The second kappa shape index (κ2) is 7.75. The number of ether oxygens (including phenoxy) is 1. The molecule has 0 amide bonds. The highest BCUT2D eigenvalue weighted by molar-refractivity contribution is 9.10. The van der Waals surface area contributed by atoms with E-state index in [1.807, 2.05) is 54.6 Å². The first kappa shape index (κ1) is 18.1. The van der Waals surface area contributed by atoms with Crippen LogP contribution in [0.2, 0.25) is 5.02 Å². The normalized spacial score (nSPS) is 16.3. The van der Waals surface area contributed by atoms with Gasteiger partial charge < -0.3 is 4.74 Å². The molecule has 0 aromatic heterocycles. The molecule has 3 aromatic carbocycles. The quantitative estimate of drug-likeness (QED) is 0.464. The highest BCUT2D eigenvalue weighted by atomic mass is 79.9. The largest absolute Gasteiger partial charge is 0.496 e. The van der Waals surface area contributed by atoms with Crippen LogP contribution < -0.4 is 9.75 Å². The molecule has 136 valence electrons. The Balaban J connectivity index is 1.79. The minimum atomic E-state index is 0.0566. The van der Waals surface area contributed by atoms with Gasteiger partial charge in [0.2, 0.25) is 0 Å². The molecule has 0 radical (unpaired) electrons. The van der Waals surface area contributed by atoms with Gasteiger partial charge in [-0.3, -0.25) is 5.01 Å². The minimum absolute atomic E-state index is 0.0566. The number of benzene rings is 3. The van der Waals surface area contributed by atoms with Crippen molar-refractivity contribution in [3.05, 3.63) is 93.4 Å². The molecule has 0 spiro atoms. The van der Waals surface area contributed by atoms with Gasteiger partial charge in [-0.15, -0.1) is 0 Å². The van der Waals surface area contributed by atoms with E-state index in [0.29, 0.717) is 0 Å². The summed E-state index contributed by atoms with van der Waals surface area (Å²) in [6.45, 7) is 0. The topological polar surface area (TPSA) is 24.8 Å². The number of rotatable bonds is 4. The van der Waals surface area contributed by atoms with E-state index in [0.717, 1.165) is 44.2 Å². The summed E-state index contributed by atoms with van der Waals surface area (Å²) in [6, 6.07) is 24.2. The van der Waals surface area contributed by atoms with E-state index in [1.54, 1.807) is 7.11 Å². The number of hydrogen-bond donors (Lipinski definition) is 0. The average molecular weight is 442 g/mol. The molecular weight excluding hydrogens is 424 g/mol. The fraction of sp³-hybridized carbons (Fsp3) is 0.136. The summed E-state index contributed by atoms with van der Waals surface area (Å²) in [7, 11) is 1.71. The molecule has 0 saturated heterocycles. The van der Waals surface area contributed by atoms with E-state index < -0.39 is 0 Å². The predicted octanol–water partition coefficient (Wildman–Crippen LogP) is 6.47. The van der Waals surface area contributed by atoms with Crippen LogP contribution in [0.5, 0.6) is 5.75 Å². The van der Waals surface area contributed by atoms with Crippen LogP contribution in [-0.4, -0.2) is 12.8 Å². The Morgan fingerprint density at radius 1 is 1.04 bits per heavy atom. The van der Waals surface area contributed by atoms with Gasteiger partial charge >= 0.3 is 0 Å². The van der Waals surface area contributed by atoms with Crippen LogP contribution in [0.15, 0.2) is 82.4 Å². The van der Waals surface area contributed by atoms with Gasteiger partial charge in [0.15, 0.2) is 0 Å². The lowest BCUT2D eigenvalue weighted by Crippen LogP contribution is -2.19. The lowest BCUT2D eigenvalue weighted by molar-refractivity contribution is 0.405. The van der Waals surface area contributed by atoms with E-state index >= 15 is 0 Å². The highest BCUT2D eigenvalue weighted by Gasteiger charge is 2.31. The third-order valence-corrected chi connectivity index (χ3v) is 5.40. The SMILES string of the molecule is COc1ccccc1[C@H]1CC(c2ccc(Cl)cc2)=NN1c1cccc(Br)c1. The van der Waals surface area contributed by atoms with Crippen LogP contribution in [0, 0.1) is 0 Å². The van der Waals surface area contributed by atoms with Crippen molar-refractivity contribution in [2.24, 2.45) is 5.10 Å². The third-order valence-electron chi connectivity index (χ3n) is 4.66. The van der Waals surface area contributed by atoms with Crippen molar-refractivity contribution in [1.82, 2.24) is 0 Å². The molecular formula is C22H18BrClN2O. The van der Waals surface area contributed by atoms with Crippen molar-refractivity contribution in [2.75, 3.05) is 12.1 Å². The van der Waals surface area contributed by atoms with Crippen molar-refractivity contribution in [1.29, 1.82) is 0 Å². The molecule has 0 saturated carbocycles. The minimum Gasteiger partial charge on any atom is -0.496 e. The molecule has 1 heterocycles. The van der Waals surface area contributed by atoms with Crippen molar-refractivity contribution in [2.45, 2.75) is 12.5 Å². The number of halogens is 2. The molecule has 1 atom stereocenters. The number of para-hydroxylation sites is 1. The van der Waals surface area contributed by atoms with Gasteiger partial charge in [0, 0.05) is 21.5 Å². The molecule has 27 heavy (non-hydrogen) atoms. The average Bonchev–Trinajstić information content (AvgIpc) is 3.14.